The van der Waals surface area contributed by atoms with Crippen molar-refractivity contribution in [3.63, 3.8) is 0 Å². The average Bonchev–Trinajstić information content (AvgIpc) is 2.81. The van der Waals surface area contributed by atoms with Crippen molar-refractivity contribution in [2.24, 2.45) is 16.5 Å². The number of unbranched alkanes of at least 4 members (excludes halogenated alkanes) is 5. The van der Waals surface area contributed by atoms with E-state index in [0.29, 0.717) is 6.42 Å². The highest BCUT2D eigenvalue weighted by Crippen LogP contribution is 2.39. The van der Waals surface area contributed by atoms with E-state index in [1.165, 1.54) is 0 Å². The first-order valence-electron chi connectivity index (χ1n) is 10.5. The molecule has 0 aliphatic carbocycles. The Kier molecular flexibility index (Phi) is 8.95. The van der Waals surface area contributed by atoms with Gasteiger partial charge in [-0.1, -0.05) is 39.0 Å². The predicted octanol–water partition coefficient (Wildman–Crippen LogP) is -0.455. The molecule has 12 heteroatoms. The smallest absolute Gasteiger partial charge is 0.375 e. The van der Waals surface area contributed by atoms with E-state index in [1.807, 2.05) is 0 Å². The van der Waals surface area contributed by atoms with Crippen LogP contribution in [-0.4, -0.2) is 77.1 Å². The van der Waals surface area contributed by atoms with E-state index in [0.717, 1.165) is 32.1 Å². The molecule has 2 rings (SSSR count). The first kappa shape index (κ1) is 25.2. The zero-order chi connectivity index (χ0) is 23.2. The van der Waals surface area contributed by atoms with Crippen molar-refractivity contribution in [2.45, 2.75) is 94.3 Å². The normalized spacial score (nSPS) is 35.5. The molecular formula is C19H32F2N4O6. The Morgan fingerprint density at radius 1 is 1.29 bits per heavy atom. The number of halogens is 2. The van der Waals surface area contributed by atoms with Crippen molar-refractivity contribution in [1.29, 1.82) is 0 Å². The first-order chi connectivity index (χ1) is 14.6. The van der Waals surface area contributed by atoms with E-state index in [2.05, 4.69) is 17.2 Å². The van der Waals surface area contributed by atoms with E-state index in [4.69, 9.17) is 20.9 Å². The minimum absolute atomic E-state index is 0.143. The number of esters is 1. The van der Waals surface area contributed by atoms with Crippen LogP contribution in [0.1, 0.15) is 51.9 Å². The Morgan fingerprint density at radius 3 is 2.58 bits per heavy atom. The first-order valence-corrected chi connectivity index (χ1v) is 10.5. The number of guanidine groups is 1. The third-order valence-electron chi connectivity index (χ3n) is 5.44. The van der Waals surface area contributed by atoms with Crippen molar-refractivity contribution >= 4 is 17.8 Å². The summed E-state index contributed by atoms with van der Waals surface area (Å²) in [7, 11) is 0. The molecule has 7 N–H and O–H groups in total. The molecule has 2 aliphatic rings. The van der Waals surface area contributed by atoms with Gasteiger partial charge in [-0.3, -0.25) is 4.79 Å². The van der Waals surface area contributed by atoms with Crippen LogP contribution >= 0.6 is 0 Å². The molecule has 178 valence electrons. The van der Waals surface area contributed by atoms with Crippen molar-refractivity contribution in [3.8, 4) is 0 Å². The quantitative estimate of drug-likeness (QED) is 0.136. The SMILES string of the molecule is CCCCCCCCOC(=O)[C@]1(F)OC2C(NC(=O)C[C@@H](O)[C@H]2O)C(N=C(N)N)C1F. The number of rotatable bonds is 9. The molecule has 31 heavy (non-hydrogen) atoms. The summed E-state index contributed by atoms with van der Waals surface area (Å²) >= 11 is 0. The van der Waals surface area contributed by atoms with Gasteiger partial charge in [-0.25, -0.2) is 14.2 Å². The number of carbonyl (C=O) groups excluding carboxylic acids is 2. The van der Waals surface area contributed by atoms with Gasteiger partial charge in [0.25, 0.3) is 0 Å². The van der Waals surface area contributed by atoms with Crippen molar-refractivity contribution in [2.75, 3.05) is 6.61 Å². The number of alkyl halides is 2. The summed E-state index contributed by atoms with van der Waals surface area (Å²) in [6, 6.07) is -3.22. The third-order valence-corrected chi connectivity index (χ3v) is 5.44. The number of aliphatic hydroxyl groups excluding tert-OH is 2. The van der Waals surface area contributed by atoms with Crippen LogP contribution in [0.4, 0.5) is 8.78 Å². The molecule has 0 bridgehead atoms. The second-order valence-electron chi connectivity index (χ2n) is 7.93. The summed E-state index contributed by atoms with van der Waals surface area (Å²) in [6.07, 6.45) is -3.08. The second kappa shape index (κ2) is 11.0. The van der Waals surface area contributed by atoms with Crippen LogP contribution in [-0.2, 0) is 19.1 Å². The number of nitrogens with zero attached hydrogens (tertiary/aromatic N) is 1. The Balaban J connectivity index is 2.16. The molecule has 4 unspecified atom stereocenters. The number of nitrogens with one attached hydrogen (secondary N) is 1. The topological polar surface area (TPSA) is 169 Å². The van der Waals surface area contributed by atoms with Gasteiger partial charge in [0.2, 0.25) is 5.91 Å². The van der Waals surface area contributed by atoms with Gasteiger partial charge in [0.1, 0.15) is 18.2 Å². The maximum absolute atomic E-state index is 15.5. The van der Waals surface area contributed by atoms with Crippen LogP contribution in [0.2, 0.25) is 0 Å². The summed E-state index contributed by atoms with van der Waals surface area (Å²) in [6.45, 7) is 1.94. The fraction of sp³-hybridized carbons (Fsp3) is 0.842. The molecule has 0 saturated carbocycles. The number of nitrogens with two attached hydrogens (primary N) is 2. The fourth-order valence-corrected chi connectivity index (χ4v) is 3.78. The average molecular weight is 450 g/mol. The molecule has 7 atom stereocenters. The van der Waals surface area contributed by atoms with Gasteiger partial charge in [-0.2, -0.15) is 4.39 Å². The fourth-order valence-electron chi connectivity index (χ4n) is 3.78. The zero-order valence-electron chi connectivity index (χ0n) is 17.5. The molecule has 1 amide bonds. The Morgan fingerprint density at radius 2 is 1.94 bits per heavy atom. The molecule has 2 fully saturated rings. The summed E-state index contributed by atoms with van der Waals surface area (Å²) in [5, 5.41) is 22.6. The second-order valence-corrected chi connectivity index (χ2v) is 7.93. The van der Waals surface area contributed by atoms with Crippen molar-refractivity contribution < 1.29 is 38.1 Å². The number of ether oxygens (including phenoxy) is 2. The van der Waals surface area contributed by atoms with Crippen molar-refractivity contribution in [3.05, 3.63) is 0 Å². The minimum atomic E-state index is -3.64. The standard InChI is InChI=1S/C19H32F2N4O6/c1-2-3-4-5-6-7-8-30-17(29)19(21)16(20)13(25-18(22)23)12-15(31-19)14(28)10(26)9-11(27)24-12/h10,12-16,26,28H,2-9H2,1H3,(H,24,27)(H4,22,23,25)/t10-,12?,13?,14-,15?,16?,19-/m1/s1. The zero-order valence-corrected chi connectivity index (χ0v) is 17.5. The van der Waals surface area contributed by atoms with Crippen LogP contribution < -0.4 is 16.8 Å². The maximum atomic E-state index is 15.5. The van der Waals surface area contributed by atoms with Gasteiger partial charge < -0.3 is 36.5 Å². The highest BCUT2D eigenvalue weighted by molar-refractivity contribution is 5.81. The van der Waals surface area contributed by atoms with E-state index in [9.17, 15) is 19.8 Å². The maximum Gasteiger partial charge on any atom is 0.375 e. The van der Waals surface area contributed by atoms with Gasteiger partial charge in [0, 0.05) is 0 Å². The van der Waals surface area contributed by atoms with Crippen LogP contribution in [0.15, 0.2) is 4.99 Å². The predicted molar refractivity (Wildman–Crippen MR) is 106 cm³/mol. The number of carbonyl (C=O) groups is 2. The lowest BCUT2D eigenvalue weighted by Gasteiger charge is -2.45. The summed E-state index contributed by atoms with van der Waals surface area (Å²) in [5.74, 6) is -6.63. The van der Waals surface area contributed by atoms with E-state index in [1.54, 1.807) is 0 Å². The Hall–Kier alpha value is -2.05. The lowest BCUT2D eigenvalue weighted by molar-refractivity contribution is -0.275. The van der Waals surface area contributed by atoms with Crippen LogP contribution in [0.25, 0.3) is 0 Å². The number of hydrogen-bond donors (Lipinski definition) is 5. The van der Waals surface area contributed by atoms with Gasteiger partial charge in [-0.05, 0) is 6.42 Å². The van der Waals surface area contributed by atoms with E-state index >= 15 is 8.78 Å². The third kappa shape index (κ3) is 6.01. The molecule has 2 aliphatic heterocycles. The molecular weight excluding hydrogens is 418 g/mol. The number of aliphatic imine (C=N–C) groups is 1. The number of hydrogen-bond acceptors (Lipinski definition) is 7. The van der Waals surface area contributed by atoms with Crippen LogP contribution in [0, 0.1) is 0 Å². The van der Waals surface area contributed by atoms with Gasteiger partial charge in [0.05, 0.1) is 25.2 Å². The molecule has 0 radical (unpaired) electrons. The molecule has 0 spiro atoms. The Labute approximate surface area is 179 Å². The van der Waals surface area contributed by atoms with Crippen molar-refractivity contribution in [1.82, 2.24) is 5.32 Å². The number of fused-ring (bicyclic) bond motifs is 1. The van der Waals surface area contributed by atoms with E-state index in [-0.39, 0.29) is 6.61 Å². The van der Waals surface area contributed by atoms with Crippen LogP contribution in [0.3, 0.4) is 0 Å². The number of aliphatic hydroxyl groups is 2. The molecule has 2 heterocycles. The lowest BCUT2D eigenvalue weighted by Crippen LogP contribution is -2.69. The molecule has 10 nitrogen and oxygen atoms in total. The highest BCUT2D eigenvalue weighted by atomic mass is 19.2. The van der Waals surface area contributed by atoms with Gasteiger partial charge >= 0.3 is 11.8 Å². The lowest BCUT2D eigenvalue weighted by atomic mass is 9.87. The van der Waals surface area contributed by atoms with Crippen LogP contribution in [0.5, 0.6) is 0 Å². The summed E-state index contributed by atoms with van der Waals surface area (Å²) in [4.78, 5) is 28.0. The molecule has 0 aromatic carbocycles. The van der Waals surface area contributed by atoms with Gasteiger partial charge in [0.15, 0.2) is 12.1 Å². The highest BCUT2D eigenvalue weighted by Gasteiger charge is 2.64. The summed E-state index contributed by atoms with van der Waals surface area (Å²) < 4.78 is 40.6. The minimum Gasteiger partial charge on any atom is -0.461 e. The largest absolute Gasteiger partial charge is 0.461 e. The van der Waals surface area contributed by atoms with Gasteiger partial charge in [-0.15, -0.1) is 0 Å². The monoisotopic (exact) mass is 450 g/mol. The van der Waals surface area contributed by atoms with E-state index < -0.39 is 66.7 Å². The Bertz CT molecular complexity index is 665. The molecule has 0 aromatic rings. The molecule has 2 saturated heterocycles. The summed E-state index contributed by atoms with van der Waals surface area (Å²) in [5.41, 5.74) is 10.6. The molecule has 0 aromatic heterocycles. The number of amides is 1.